The van der Waals surface area contributed by atoms with E-state index in [2.05, 4.69) is 5.32 Å². The third-order valence-corrected chi connectivity index (χ3v) is 2.13. The third-order valence-electron chi connectivity index (χ3n) is 1.84. The molecule has 6 heteroatoms. The maximum Gasteiger partial charge on any atom is 0.258 e. The molecule has 1 aromatic rings. The number of carbonyl (C=O) groups is 2. The van der Waals surface area contributed by atoms with E-state index in [9.17, 15) is 9.59 Å². The van der Waals surface area contributed by atoms with Crippen molar-refractivity contribution in [2.75, 3.05) is 13.2 Å². The van der Waals surface area contributed by atoms with Crippen molar-refractivity contribution in [3.05, 3.63) is 28.8 Å². The summed E-state index contributed by atoms with van der Waals surface area (Å²) >= 11 is 5.83. The molecule has 1 amide bonds. The summed E-state index contributed by atoms with van der Waals surface area (Å²) in [5, 5.41) is 10.8. The minimum absolute atomic E-state index is 0.0920. The molecule has 17 heavy (non-hydrogen) atoms. The van der Waals surface area contributed by atoms with Crippen molar-refractivity contribution in [2.45, 2.75) is 0 Å². The van der Waals surface area contributed by atoms with Gasteiger partial charge in [-0.1, -0.05) is 17.7 Å². The summed E-state index contributed by atoms with van der Waals surface area (Å²) in [6.07, 6.45) is 0.592. The summed E-state index contributed by atoms with van der Waals surface area (Å²) in [4.78, 5) is 21.9. The average molecular weight is 253 g/mol. The Morgan fingerprint density at radius 2 is 2.35 bits per heavy atom. The van der Waals surface area contributed by atoms with Crippen LogP contribution in [0.2, 0.25) is 5.02 Å². The van der Waals surface area contributed by atoms with Crippen molar-refractivity contribution >= 4 is 23.8 Å². The van der Waals surface area contributed by atoms with Gasteiger partial charge in [-0.05, 0) is 12.1 Å². The van der Waals surface area contributed by atoms with Crippen LogP contribution in [0.1, 0.15) is 10.4 Å². The van der Waals surface area contributed by atoms with Crippen LogP contribution in [0.25, 0.3) is 0 Å². The fraction of sp³-hybridized carbons (Fsp3) is 0.182. The summed E-state index contributed by atoms with van der Waals surface area (Å²) in [6.45, 7) is -0.391. The smallest absolute Gasteiger partial charge is 0.258 e. The van der Waals surface area contributed by atoms with Gasteiger partial charge in [-0.2, -0.15) is 5.26 Å². The second kappa shape index (κ2) is 6.51. The second-order valence-corrected chi connectivity index (χ2v) is 3.41. The molecular formula is C11H9ClN2O3. The molecule has 1 rings (SSSR count). The van der Waals surface area contributed by atoms with Gasteiger partial charge < -0.3 is 10.1 Å². The Bertz CT molecular complexity index is 468. The number of halogens is 1. The van der Waals surface area contributed by atoms with Crippen LogP contribution in [-0.4, -0.2) is 25.3 Å². The number of nitrogens with one attached hydrogen (secondary N) is 1. The standard InChI is InChI=1S/C11H9ClN2O3/c12-9-3-1-2-8(6-15)11(9)17-7-10(16)14-5-4-13/h1-3,6H,5,7H2,(H,14,16). The summed E-state index contributed by atoms with van der Waals surface area (Å²) < 4.78 is 5.13. The van der Waals surface area contributed by atoms with E-state index in [1.54, 1.807) is 18.2 Å². The number of rotatable bonds is 5. The molecule has 0 aliphatic carbocycles. The summed E-state index contributed by atoms with van der Waals surface area (Å²) in [5.74, 6) is -0.292. The molecular weight excluding hydrogens is 244 g/mol. The zero-order valence-electron chi connectivity index (χ0n) is 8.77. The van der Waals surface area contributed by atoms with Crippen molar-refractivity contribution in [3.63, 3.8) is 0 Å². The molecule has 0 spiro atoms. The number of nitrogens with zero attached hydrogens (tertiary/aromatic N) is 1. The van der Waals surface area contributed by atoms with Crippen LogP contribution in [0.15, 0.2) is 18.2 Å². The van der Waals surface area contributed by atoms with Gasteiger partial charge in [0.15, 0.2) is 12.9 Å². The largest absolute Gasteiger partial charge is 0.481 e. The number of nitriles is 1. The van der Waals surface area contributed by atoms with Crippen LogP contribution in [0.5, 0.6) is 5.75 Å². The maximum atomic E-state index is 11.2. The minimum Gasteiger partial charge on any atom is -0.481 e. The Hall–Kier alpha value is -2.06. The van der Waals surface area contributed by atoms with E-state index in [-0.39, 0.29) is 29.5 Å². The van der Waals surface area contributed by atoms with Gasteiger partial charge >= 0.3 is 0 Å². The molecule has 1 N–H and O–H groups in total. The number of hydrogen-bond donors (Lipinski definition) is 1. The molecule has 0 aromatic heterocycles. The molecule has 0 heterocycles. The zero-order chi connectivity index (χ0) is 12.7. The molecule has 0 saturated carbocycles. The van der Waals surface area contributed by atoms with Crippen LogP contribution in [0.4, 0.5) is 0 Å². The summed E-state index contributed by atoms with van der Waals surface area (Å²) in [6, 6.07) is 6.45. The number of para-hydroxylation sites is 1. The molecule has 0 aliphatic heterocycles. The van der Waals surface area contributed by atoms with Crippen molar-refractivity contribution in [2.24, 2.45) is 0 Å². The SMILES string of the molecule is N#CCNC(=O)COc1c(Cl)cccc1C=O. The molecule has 0 atom stereocenters. The van der Waals surface area contributed by atoms with E-state index < -0.39 is 5.91 Å². The van der Waals surface area contributed by atoms with Gasteiger partial charge in [0.05, 0.1) is 16.7 Å². The first kappa shape index (κ1) is 13.0. The molecule has 0 bridgehead atoms. The first-order chi connectivity index (χ1) is 8.19. The van der Waals surface area contributed by atoms with Crippen molar-refractivity contribution in [3.8, 4) is 11.8 Å². The molecule has 0 aliphatic rings. The highest BCUT2D eigenvalue weighted by molar-refractivity contribution is 6.32. The monoisotopic (exact) mass is 252 g/mol. The van der Waals surface area contributed by atoms with Gasteiger partial charge in [0.2, 0.25) is 0 Å². The predicted molar refractivity (Wildman–Crippen MR) is 61.0 cm³/mol. The lowest BCUT2D eigenvalue weighted by molar-refractivity contribution is -0.122. The fourth-order valence-corrected chi connectivity index (χ4v) is 1.33. The van der Waals surface area contributed by atoms with Gasteiger partial charge in [-0.3, -0.25) is 9.59 Å². The first-order valence-corrected chi connectivity index (χ1v) is 5.07. The lowest BCUT2D eigenvalue weighted by Crippen LogP contribution is -2.29. The second-order valence-electron chi connectivity index (χ2n) is 3.00. The average Bonchev–Trinajstić information content (AvgIpc) is 2.34. The van der Waals surface area contributed by atoms with E-state index in [0.717, 1.165) is 0 Å². The fourth-order valence-electron chi connectivity index (χ4n) is 1.10. The Kier molecular flexibility index (Phi) is 4.98. The van der Waals surface area contributed by atoms with Gasteiger partial charge in [0.25, 0.3) is 5.91 Å². The highest BCUT2D eigenvalue weighted by atomic mass is 35.5. The van der Waals surface area contributed by atoms with Crippen LogP contribution in [0.3, 0.4) is 0 Å². The maximum absolute atomic E-state index is 11.2. The lowest BCUT2D eigenvalue weighted by Gasteiger charge is -2.09. The summed E-state index contributed by atoms with van der Waals surface area (Å²) in [5.41, 5.74) is 0.269. The Labute approximate surface area is 103 Å². The normalized spacial score (nSPS) is 9.18. The molecule has 5 nitrogen and oxygen atoms in total. The molecule has 0 radical (unpaired) electrons. The van der Waals surface area contributed by atoms with Crippen LogP contribution < -0.4 is 10.1 Å². The van der Waals surface area contributed by atoms with Gasteiger partial charge in [0.1, 0.15) is 12.3 Å². The predicted octanol–water partition coefficient (Wildman–Crippen LogP) is 1.17. The first-order valence-electron chi connectivity index (χ1n) is 4.69. The number of amides is 1. The number of carbonyl (C=O) groups excluding carboxylic acids is 2. The van der Waals surface area contributed by atoms with Gasteiger partial charge in [-0.15, -0.1) is 0 Å². The Morgan fingerprint density at radius 1 is 1.59 bits per heavy atom. The summed E-state index contributed by atoms with van der Waals surface area (Å²) in [7, 11) is 0. The Balaban J connectivity index is 2.66. The molecule has 0 unspecified atom stereocenters. The topological polar surface area (TPSA) is 79.2 Å². The van der Waals surface area contributed by atoms with E-state index in [1.807, 2.05) is 0 Å². The van der Waals surface area contributed by atoms with E-state index in [0.29, 0.717) is 6.29 Å². The number of aldehydes is 1. The number of benzene rings is 1. The number of hydrogen-bond acceptors (Lipinski definition) is 4. The van der Waals surface area contributed by atoms with Crippen molar-refractivity contribution in [1.29, 1.82) is 5.26 Å². The highest BCUT2D eigenvalue weighted by Crippen LogP contribution is 2.27. The third kappa shape index (κ3) is 3.78. The zero-order valence-corrected chi connectivity index (χ0v) is 9.53. The van der Waals surface area contributed by atoms with Crippen molar-refractivity contribution in [1.82, 2.24) is 5.32 Å². The van der Waals surface area contributed by atoms with E-state index in [4.69, 9.17) is 21.6 Å². The minimum atomic E-state index is -0.455. The van der Waals surface area contributed by atoms with E-state index in [1.165, 1.54) is 6.07 Å². The van der Waals surface area contributed by atoms with E-state index >= 15 is 0 Å². The van der Waals surface area contributed by atoms with Crippen LogP contribution >= 0.6 is 11.6 Å². The van der Waals surface area contributed by atoms with Gasteiger partial charge in [0, 0.05) is 0 Å². The molecule has 0 fully saturated rings. The molecule has 1 aromatic carbocycles. The highest BCUT2D eigenvalue weighted by Gasteiger charge is 2.09. The molecule has 0 saturated heterocycles. The Morgan fingerprint density at radius 3 is 3.00 bits per heavy atom. The number of ether oxygens (including phenoxy) is 1. The lowest BCUT2D eigenvalue weighted by atomic mass is 10.2. The van der Waals surface area contributed by atoms with Crippen LogP contribution in [0, 0.1) is 11.3 Å². The quantitative estimate of drug-likeness (QED) is 0.630. The van der Waals surface area contributed by atoms with Gasteiger partial charge in [-0.25, -0.2) is 0 Å². The van der Waals surface area contributed by atoms with Crippen LogP contribution in [-0.2, 0) is 4.79 Å². The van der Waals surface area contributed by atoms with Crippen molar-refractivity contribution < 1.29 is 14.3 Å². The molecule has 88 valence electrons.